The Kier molecular flexibility index (Phi) is 6.82. The van der Waals surface area contributed by atoms with Gasteiger partial charge in [0.2, 0.25) is 0 Å². The maximum absolute atomic E-state index is 8.06. The average molecular weight is 121 g/mol. The van der Waals surface area contributed by atoms with Gasteiger partial charge in [0.15, 0.2) is 0 Å². The van der Waals surface area contributed by atoms with Crippen LogP contribution in [0.2, 0.25) is 0 Å². The van der Waals surface area contributed by atoms with Crippen LogP contribution in [0.15, 0.2) is 0 Å². The van der Waals surface area contributed by atoms with Crippen molar-refractivity contribution in [3.8, 4) is 0 Å². The molecule has 0 aromatic rings. The summed E-state index contributed by atoms with van der Waals surface area (Å²) < 4.78 is 4.36. The summed E-state index contributed by atoms with van der Waals surface area (Å²) in [5.74, 6) is 0. The van der Waals surface area contributed by atoms with Crippen LogP contribution in [0.1, 0.15) is 13.8 Å². The summed E-state index contributed by atoms with van der Waals surface area (Å²) in [4.78, 5) is 0. The zero-order chi connectivity index (χ0) is 5.86. The maximum Gasteiger partial charge on any atom is 0.634 e. The van der Waals surface area contributed by atoms with Crippen LogP contribution < -0.4 is 6.15 Å². The number of rotatable bonds is 2. The molecule has 8 heavy (non-hydrogen) atoms. The first kappa shape index (κ1) is 10.8. The molecule has 0 atom stereocenters. The Morgan fingerprint density at radius 2 is 1.75 bits per heavy atom. The predicted molar refractivity (Wildman–Crippen MR) is 31.4 cm³/mol. The maximum atomic E-state index is 8.06. The zero-order valence-electron chi connectivity index (χ0n) is 5.16. The summed E-state index contributed by atoms with van der Waals surface area (Å²) in [5, 5.41) is 16.1. The van der Waals surface area contributed by atoms with E-state index >= 15 is 0 Å². The van der Waals surface area contributed by atoms with Gasteiger partial charge in [-0.3, -0.25) is 0 Å². The van der Waals surface area contributed by atoms with Crippen LogP contribution in [0.4, 0.5) is 0 Å². The predicted octanol–water partition coefficient (Wildman–Crippen LogP) is -0.457. The van der Waals surface area contributed by atoms with Gasteiger partial charge in [-0.2, -0.15) is 0 Å². The molecular weight excluding hydrogens is 109 g/mol. The third-order valence-electron chi connectivity index (χ3n) is 0.394. The summed E-state index contributed by atoms with van der Waals surface area (Å²) in [7, 11) is -1.63. The third kappa shape index (κ3) is 9.32. The van der Waals surface area contributed by atoms with Gasteiger partial charge in [-0.05, 0) is 13.8 Å². The molecular formula is C3H12BNO3. The normalized spacial score (nSPS) is 8.62. The molecule has 4 nitrogen and oxygen atoms in total. The van der Waals surface area contributed by atoms with E-state index in [2.05, 4.69) is 4.65 Å². The Bertz CT molecular complexity index is 43.8. The van der Waals surface area contributed by atoms with Gasteiger partial charge in [-0.15, -0.1) is 0 Å². The quantitative estimate of drug-likeness (QED) is 0.431. The van der Waals surface area contributed by atoms with Crippen LogP contribution >= 0.6 is 0 Å². The molecule has 0 aromatic carbocycles. The van der Waals surface area contributed by atoms with E-state index in [1.165, 1.54) is 0 Å². The van der Waals surface area contributed by atoms with Gasteiger partial charge in [-0.25, -0.2) is 0 Å². The first-order valence-corrected chi connectivity index (χ1v) is 2.14. The molecule has 0 amide bonds. The second-order valence-electron chi connectivity index (χ2n) is 1.51. The van der Waals surface area contributed by atoms with E-state index < -0.39 is 7.32 Å². The highest BCUT2D eigenvalue weighted by atomic mass is 16.6. The first-order chi connectivity index (χ1) is 3.13. The highest BCUT2D eigenvalue weighted by molar-refractivity contribution is 6.32. The van der Waals surface area contributed by atoms with Crippen molar-refractivity contribution in [1.29, 1.82) is 0 Å². The minimum atomic E-state index is -1.63. The second kappa shape index (κ2) is 5.05. The molecule has 0 fully saturated rings. The van der Waals surface area contributed by atoms with E-state index in [0.29, 0.717) is 0 Å². The summed E-state index contributed by atoms with van der Waals surface area (Å²) >= 11 is 0. The van der Waals surface area contributed by atoms with Crippen LogP contribution in [0.5, 0.6) is 0 Å². The summed E-state index contributed by atoms with van der Waals surface area (Å²) in [6, 6.07) is 0. The lowest BCUT2D eigenvalue weighted by atomic mass is 10.2. The minimum absolute atomic E-state index is 0. The molecule has 0 aliphatic heterocycles. The van der Waals surface area contributed by atoms with Crippen molar-refractivity contribution in [2.24, 2.45) is 0 Å². The minimum Gasteiger partial charge on any atom is -0.402 e. The van der Waals surface area contributed by atoms with E-state index in [9.17, 15) is 0 Å². The van der Waals surface area contributed by atoms with Gasteiger partial charge in [0.25, 0.3) is 0 Å². The Balaban J connectivity index is 0. The molecule has 0 unspecified atom stereocenters. The van der Waals surface area contributed by atoms with Gasteiger partial charge in [-0.1, -0.05) is 0 Å². The second-order valence-corrected chi connectivity index (χ2v) is 1.51. The summed E-state index contributed by atoms with van der Waals surface area (Å²) in [6.07, 6.45) is -0.125. The molecule has 0 radical (unpaired) electrons. The average Bonchev–Trinajstić information content (AvgIpc) is 1.27. The zero-order valence-corrected chi connectivity index (χ0v) is 5.16. The van der Waals surface area contributed by atoms with Gasteiger partial charge in [0.05, 0.1) is 0 Å². The Morgan fingerprint density at radius 3 is 1.75 bits per heavy atom. The van der Waals surface area contributed by atoms with E-state index in [4.69, 9.17) is 10.0 Å². The van der Waals surface area contributed by atoms with Crippen molar-refractivity contribution in [3.05, 3.63) is 0 Å². The largest absolute Gasteiger partial charge is 0.634 e. The van der Waals surface area contributed by atoms with Gasteiger partial charge < -0.3 is 20.9 Å². The highest BCUT2D eigenvalue weighted by Crippen LogP contribution is 1.85. The summed E-state index contributed by atoms with van der Waals surface area (Å²) in [5.41, 5.74) is 0. The fraction of sp³-hybridized carbons (Fsp3) is 1.00. The lowest BCUT2D eigenvalue weighted by molar-refractivity contribution is 0.142. The van der Waals surface area contributed by atoms with Crippen molar-refractivity contribution in [2.45, 2.75) is 20.0 Å². The molecule has 0 aromatic heterocycles. The lowest BCUT2D eigenvalue weighted by Gasteiger charge is -2.03. The fourth-order valence-electron chi connectivity index (χ4n) is 0.243. The Labute approximate surface area is 49.2 Å². The Hall–Kier alpha value is -0.0951. The molecule has 0 saturated heterocycles. The van der Waals surface area contributed by atoms with Crippen molar-refractivity contribution < 1.29 is 14.7 Å². The van der Waals surface area contributed by atoms with Crippen molar-refractivity contribution >= 4 is 7.32 Å². The van der Waals surface area contributed by atoms with Crippen LogP contribution in [-0.4, -0.2) is 23.5 Å². The topological polar surface area (TPSA) is 84.7 Å². The van der Waals surface area contributed by atoms with Crippen LogP contribution in [0.3, 0.4) is 0 Å². The smallest absolute Gasteiger partial charge is 0.402 e. The van der Waals surface area contributed by atoms with E-state index in [1.807, 2.05) is 0 Å². The molecule has 0 heterocycles. The summed E-state index contributed by atoms with van der Waals surface area (Å²) in [6.45, 7) is 3.44. The van der Waals surface area contributed by atoms with Crippen molar-refractivity contribution in [3.63, 3.8) is 0 Å². The molecule has 5 heteroatoms. The van der Waals surface area contributed by atoms with Crippen molar-refractivity contribution in [1.82, 2.24) is 6.15 Å². The highest BCUT2D eigenvalue weighted by Gasteiger charge is 2.08. The van der Waals surface area contributed by atoms with Crippen LogP contribution in [-0.2, 0) is 4.65 Å². The van der Waals surface area contributed by atoms with Crippen LogP contribution in [0, 0.1) is 0 Å². The lowest BCUT2D eigenvalue weighted by Crippen LogP contribution is -2.21. The molecule has 0 rings (SSSR count). The van der Waals surface area contributed by atoms with Crippen LogP contribution in [0.25, 0.3) is 0 Å². The standard InChI is InChI=1S/C3H9BO3.H3N/c1-3(2)7-4(5)6;/h3,5-6H,1-2H3;1H3. The molecule has 0 aliphatic carbocycles. The third-order valence-corrected chi connectivity index (χ3v) is 0.394. The van der Waals surface area contributed by atoms with Gasteiger partial charge in [0, 0.05) is 6.10 Å². The molecule has 50 valence electrons. The Morgan fingerprint density at radius 1 is 1.38 bits per heavy atom. The fourth-order valence-corrected chi connectivity index (χ4v) is 0.243. The first-order valence-electron chi connectivity index (χ1n) is 2.14. The van der Waals surface area contributed by atoms with E-state index in [-0.39, 0.29) is 12.3 Å². The molecule has 5 N–H and O–H groups in total. The number of hydrogen-bond donors (Lipinski definition) is 3. The molecule has 0 aliphatic rings. The number of hydrogen-bond acceptors (Lipinski definition) is 4. The molecule has 0 spiro atoms. The van der Waals surface area contributed by atoms with Crippen molar-refractivity contribution in [2.75, 3.05) is 0 Å². The molecule has 0 bridgehead atoms. The monoisotopic (exact) mass is 121 g/mol. The van der Waals surface area contributed by atoms with E-state index in [1.54, 1.807) is 13.8 Å². The SMILES string of the molecule is CC(C)OB(O)O.N. The molecule has 0 saturated carbocycles. The van der Waals surface area contributed by atoms with E-state index in [0.717, 1.165) is 0 Å². The van der Waals surface area contributed by atoms with Gasteiger partial charge in [0.1, 0.15) is 0 Å². The van der Waals surface area contributed by atoms with Gasteiger partial charge >= 0.3 is 7.32 Å².